The van der Waals surface area contributed by atoms with Gasteiger partial charge in [0.2, 0.25) is 10.0 Å². The minimum absolute atomic E-state index is 0.00526. The first-order valence-electron chi connectivity index (χ1n) is 16.1. The number of rotatable bonds is 9. The van der Waals surface area contributed by atoms with E-state index < -0.39 is 22.7 Å². The maximum Gasteiger partial charge on any atom is 0.406 e. The third kappa shape index (κ3) is 7.84. The van der Waals surface area contributed by atoms with Gasteiger partial charge in [0.05, 0.1) is 41.6 Å². The van der Waals surface area contributed by atoms with Crippen molar-refractivity contribution in [2.45, 2.75) is 68.2 Å². The van der Waals surface area contributed by atoms with Crippen LogP contribution in [0.2, 0.25) is 0 Å². The highest BCUT2D eigenvalue weighted by atomic mass is 32.2. The number of nitriles is 1. The van der Waals surface area contributed by atoms with E-state index in [0.29, 0.717) is 28.0 Å². The molecule has 4 N–H and O–H groups in total. The largest absolute Gasteiger partial charge is 0.477 e. The lowest BCUT2D eigenvalue weighted by Gasteiger charge is -2.49. The molecule has 1 aromatic heterocycles. The van der Waals surface area contributed by atoms with Gasteiger partial charge in [-0.1, -0.05) is 12.0 Å². The fraction of sp³-hybridized carbons (Fsp3) is 0.500. The molecule has 0 bridgehead atoms. The summed E-state index contributed by atoms with van der Waals surface area (Å²) in [5.41, 5.74) is 2.21. The second-order valence-electron chi connectivity index (χ2n) is 13.0. The quantitative estimate of drug-likeness (QED) is 0.267. The first kappa shape index (κ1) is 33.9. The van der Waals surface area contributed by atoms with E-state index in [1.54, 1.807) is 18.2 Å². The van der Waals surface area contributed by atoms with Crippen molar-refractivity contribution in [3.8, 4) is 23.7 Å². The molecule has 6 rings (SSSR count). The van der Waals surface area contributed by atoms with Crippen LogP contribution in [-0.4, -0.2) is 75.6 Å². The lowest BCUT2D eigenvalue weighted by atomic mass is 9.76. The highest BCUT2D eigenvalue weighted by Gasteiger charge is 2.42. The first-order chi connectivity index (χ1) is 22.9. The molecule has 0 atom stereocenters. The van der Waals surface area contributed by atoms with Crippen molar-refractivity contribution in [1.29, 1.82) is 5.26 Å². The third-order valence-corrected chi connectivity index (χ3v) is 10.6. The van der Waals surface area contributed by atoms with Crippen LogP contribution in [0.25, 0.3) is 10.9 Å². The van der Waals surface area contributed by atoms with E-state index in [1.165, 1.54) is 35.6 Å². The van der Waals surface area contributed by atoms with Gasteiger partial charge in [-0.05, 0) is 87.9 Å². The highest BCUT2D eigenvalue weighted by Crippen LogP contribution is 2.40. The molecule has 1 spiro atoms. The second-order valence-corrected chi connectivity index (χ2v) is 14.5. The Labute approximate surface area is 278 Å². The standard InChI is InChI=1S/C34H39F3N6O4S/c35-34(36,37)21-43-26(3-2-15-40-30-11-10-27(48(39,44)45)20-32(30)47-18-14-38)19-28-29(4-1-5-31(28)43)41-24-6-8-25(9-7-24)42-16-12-33(13-17-42)22-46-23-33/h1,4-5,10-11,19-20,24-25,40-41H,6-9,12-13,15-18,21-23H2,(H2,39,44,45)/t24-,25-. The second kappa shape index (κ2) is 13.9. The molecule has 48 heavy (non-hydrogen) atoms. The van der Waals surface area contributed by atoms with Crippen LogP contribution in [0.1, 0.15) is 44.2 Å². The van der Waals surface area contributed by atoms with Crippen LogP contribution in [-0.2, 0) is 21.3 Å². The van der Waals surface area contributed by atoms with Crippen molar-refractivity contribution in [3.05, 3.63) is 48.2 Å². The highest BCUT2D eigenvalue weighted by molar-refractivity contribution is 7.89. The number of piperidine rings is 1. The minimum Gasteiger partial charge on any atom is -0.477 e. The van der Waals surface area contributed by atoms with Crippen molar-refractivity contribution in [3.63, 3.8) is 0 Å². The predicted octanol–water partition coefficient (Wildman–Crippen LogP) is 5.05. The number of aromatic nitrogens is 1. The molecule has 3 aromatic rings. The molecule has 256 valence electrons. The number of nitrogens with zero attached hydrogens (tertiary/aromatic N) is 3. The van der Waals surface area contributed by atoms with Crippen molar-refractivity contribution >= 4 is 32.3 Å². The number of benzene rings is 2. The van der Waals surface area contributed by atoms with Gasteiger partial charge in [-0.3, -0.25) is 0 Å². The number of nitrogens with one attached hydrogen (secondary N) is 2. The minimum atomic E-state index is -4.46. The number of nitrogens with two attached hydrogens (primary N) is 1. The van der Waals surface area contributed by atoms with Crippen LogP contribution in [0.3, 0.4) is 0 Å². The molecule has 0 unspecified atom stereocenters. The zero-order valence-electron chi connectivity index (χ0n) is 26.5. The van der Waals surface area contributed by atoms with Crippen molar-refractivity contribution in [2.24, 2.45) is 10.6 Å². The summed E-state index contributed by atoms with van der Waals surface area (Å²) in [6.07, 6.45) is 2.11. The molecule has 3 heterocycles. The van der Waals surface area contributed by atoms with Gasteiger partial charge in [-0.25, -0.2) is 13.6 Å². The summed E-state index contributed by atoms with van der Waals surface area (Å²) >= 11 is 0. The van der Waals surface area contributed by atoms with Gasteiger partial charge in [0, 0.05) is 34.6 Å². The van der Waals surface area contributed by atoms with E-state index >= 15 is 0 Å². The number of halogens is 3. The Morgan fingerprint density at radius 1 is 1.06 bits per heavy atom. The number of hydrogen-bond acceptors (Lipinski definition) is 8. The van der Waals surface area contributed by atoms with Crippen molar-refractivity contribution in [2.75, 3.05) is 50.1 Å². The van der Waals surface area contributed by atoms with Gasteiger partial charge in [-0.15, -0.1) is 0 Å². The molecule has 1 aliphatic carbocycles. The Morgan fingerprint density at radius 3 is 2.46 bits per heavy atom. The van der Waals surface area contributed by atoms with Crippen molar-refractivity contribution in [1.82, 2.24) is 9.47 Å². The van der Waals surface area contributed by atoms with Crippen LogP contribution in [0.4, 0.5) is 24.5 Å². The monoisotopic (exact) mass is 684 g/mol. The SMILES string of the molecule is N#CCOc1cc(S(N)(=O)=O)ccc1NCC#Cc1cc2c(N[C@H]3CC[C@H](N4CCC5(CC4)COC5)CC3)cccc2n1CC(F)(F)F. The molecule has 10 nitrogen and oxygen atoms in total. The van der Waals surface area contributed by atoms with Crippen LogP contribution >= 0.6 is 0 Å². The normalized spacial score (nSPS) is 21.1. The van der Waals surface area contributed by atoms with Crippen LogP contribution in [0.5, 0.6) is 5.75 Å². The maximum atomic E-state index is 13.7. The fourth-order valence-electron chi connectivity index (χ4n) is 7.04. The molecular formula is C34H39F3N6O4S. The molecule has 3 fully saturated rings. The zero-order chi connectivity index (χ0) is 33.9. The number of sulfonamides is 1. The molecule has 0 radical (unpaired) electrons. The maximum absolute atomic E-state index is 13.7. The Morgan fingerprint density at radius 2 is 1.81 bits per heavy atom. The van der Waals surface area contributed by atoms with E-state index in [-0.39, 0.29) is 35.5 Å². The number of alkyl halides is 3. The van der Waals surface area contributed by atoms with Gasteiger partial charge in [0.15, 0.2) is 6.61 Å². The van der Waals surface area contributed by atoms with E-state index in [4.69, 9.17) is 19.9 Å². The summed E-state index contributed by atoms with van der Waals surface area (Å²) in [7, 11) is -4.01. The smallest absolute Gasteiger partial charge is 0.406 e. The van der Waals surface area contributed by atoms with E-state index in [1.807, 2.05) is 12.1 Å². The fourth-order valence-corrected chi connectivity index (χ4v) is 7.57. The molecule has 1 saturated carbocycles. The molecule has 14 heteroatoms. The van der Waals surface area contributed by atoms with E-state index in [0.717, 1.165) is 57.7 Å². The lowest BCUT2D eigenvalue weighted by molar-refractivity contribution is -0.143. The van der Waals surface area contributed by atoms with Gasteiger partial charge in [-0.2, -0.15) is 18.4 Å². The van der Waals surface area contributed by atoms with E-state index in [9.17, 15) is 21.6 Å². The van der Waals surface area contributed by atoms with Crippen molar-refractivity contribution < 1.29 is 31.1 Å². The molecule has 2 aromatic carbocycles. The number of anilines is 2. The zero-order valence-corrected chi connectivity index (χ0v) is 27.3. The van der Waals surface area contributed by atoms with Crippen LogP contribution in [0, 0.1) is 28.6 Å². The van der Waals surface area contributed by atoms with Gasteiger partial charge < -0.3 is 29.6 Å². The van der Waals surface area contributed by atoms with Gasteiger partial charge >= 0.3 is 6.18 Å². The predicted molar refractivity (Wildman–Crippen MR) is 176 cm³/mol. The molecular weight excluding hydrogens is 645 g/mol. The molecule has 2 aliphatic heterocycles. The Kier molecular flexibility index (Phi) is 9.81. The Balaban J connectivity index is 1.15. The Bertz CT molecular complexity index is 1840. The Hall–Kier alpha value is -3.95. The van der Waals surface area contributed by atoms with Gasteiger partial charge in [0.1, 0.15) is 18.4 Å². The molecule has 2 saturated heterocycles. The number of hydrogen-bond donors (Lipinski definition) is 3. The third-order valence-electron chi connectivity index (χ3n) is 9.69. The summed E-state index contributed by atoms with van der Waals surface area (Å²) in [5.74, 6) is 5.83. The molecule has 3 aliphatic rings. The topological polar surface area (TPSA) is 135 Å². The average Bonchev–Trinajstić information content (AvgIpc) is 3.38. The molecule has 0 amide bonds. The number of ether oxygens (including phenoxy) is 2. The average molecular weight is 685 g/mol. The van der Waals surface area contributed by atoms with Crippen LogP contribution < -0.4 is 20.5 Å². The summed E-state index contributed by atoms with van der Waals surface area (Å²) < 4.78 is 76.7. The summed E-state index contributed by atoms with van der Waals surface area (Å²) in [6, 6.07) is 13.5. The number of primary sulfonamides is 1. The lowest BCUT2D eigenvalue weighted by Crippen LogP contribution is -2.53. The summed E-state index contributed by atoms with van der Waals surface area (Å²) in [5, 5.41) is 21.4. The number of fused-ring (bicyclic) bond motifs is 1. The van der Waals surface area contributed by atoms with Gasteiger partial charge in [0.25, 0.3) is 0 Å². The van der Waals surface area contributed by atoms with E-state index in [2.05, 4.69) is 27.4 Å². The number of likely N-dealkylation sites (tertiary alicyclic amines) is 1. The summed E-state index contributed by atoms with van der Waals surface area (Å²) in [6.45, 7) is 2.53. The first-order valence-corrected chi connectivity index (χ1v) is 17.6. The van der Waals surface area contributed by atoms with Crippen LogP contribution in [0.15, 0.2) is 47.4 Å². The summed E-state index contributed by atoms with van der Waals surface area (Å²) in [4.78, 5) is 2.44.